The van der Waals surface area contributed by atoms with Gasteiger partial charge in [-0.2, -0.15) is 0 Å². The first-order valence-corrected chi connectivity index (χ1v) is 11.8. The molecule has 4 heteroatoms. The molecule has 0 atom stereocenters. The molecular formula is C25H44O4. The minimum Gasteiger partial charge on any atom is -0.478 e. The molecule has 0 aliphatic carbocycles. The lowest BCUT2D eigenvalue weighted by molar-refractivity contribution is -0.138. The molecule has 0 aromatic rings. The van der Waals surface area contributed by atoms with E-state index in [0.29, 0.717) is 6.61 Å². The van der Waals surface area contributed by atoms with Crippen LogP contribution in [0.3, 0.4) is 0 Å². The molecule has 0 heterocycles. The Morgan fingerprint density at radius 3 is 1.52 bits per heavy atom. The highest BCUT2D eigenvalue weighted by molar-refractivity contribution is 5.94. The van der Waals surface area contributed by atoms with Gasteiger partial charge >= 0.3 is 11.9 Å². The SMILES string of the molecule is C=C(C=C(C)C(=O)O)C(=O)OCCCCCCCCCCCCCCCCCC. The van der Waals surface area contributed by atoms with E-state index in [1.807, 2.05) is 0 Å². The summed E-state index contributed by atoms with van der Waals surface area (Å²) in [5.41, 5.74) is 0.163. The van der Waals surface area contributed by atoms with E-state index in [1.54, 1.807) is 0 Å². The highest BCUT2D eigenvalue weighted by Gasteiger charge is 2.08. The summed E-state index contributed by atoms with van der Waals surface area (Å²) < 4.78 is 5.13. The van der Waals surface area contributed by atoms with Crippen LogP contribution in [-0.2, 0) is 14.3 Å². The smallest absolute Gasteiger partial charge is 0.337 e. The van der Waals surface area contributed by atoms with Crippen LogP contribution in [0.4, 0.5) is 0 Å². The predicted molar refractivity (Wildman–Crippen MR) is 121 cm³/mol. The highest BCUT2D eigenvalue weighted by atomic mass is 16.5. The maximum Gasteiger partial charge on any atom is 0.337 e. The minimum atomic E-state index is -1.06. The van der Waals surface area contributed by atoms with Crippen molar-refractivity contribution in [1.82, 2.24) is 0 Å². The van der Waals surface area contributed by atoms with Gasteiger partial charge in [-0.05, 0) is 19.4 Å². The average molecular weight is 409 g/mol. The largest absolute Gasteiger partial charge is 0.478 e. The molecule has 0 amide bonds. The molecule has 0 aromatic carbocycles. The number of carboxylic acids is 1. The number of rotatable bonds is 20. The second-order valence-corrected chi connectivity index (χ2v) is 8.10. The molecule has 0 radical (unpaired) electrons. The topological polar surface area (TPSA) is 63.6 Å². The van der Waals surface area contributed by atoms with E-state index in [0.717, 1.165) is 12.8 Å². The molecule has 0 saturated carbocycles. The van der Waals surface area contributed by atoms with Crippen LogP contribution < -0.4 is 0 Å². The van der Waals surface area contributed by atoms with E-state index in [2.05, 4.69) is 13.5 Å². The summed E-state index contributed by atoms with van der Waals surface area (Å²) in [6, 6.07) is 0. The molecule has 0 aliphatic rings. The van der Waals surface area contributed by atoms with Crippen LogP contribution in [-0.4, -0.2) is 23.7 Å². The normalized spacial score (nSPS) is 11.4. The number of aliphatic carboxylic acids is 1. The van der Waals surface area contributed by atoms with Crippen molar-refractivity contribution in [3.05, 3.63) is 23.8 Å². The fourth-order valence-corrected chi connectivity index (χ4v) is 3.29. The summed E-state index contributed by atoms with van der Waals surface area (Å²) in [6.07, 6.45) is 22.1. The molecule has 0 fully saturated rings. The maximum atomic E-state index is 11.7. The molecule has 29 heavy (non-hydrogen) atoms. The van der Waals surface area contributed by atoms with Crippen molar-refractivity contribution in [2.45, 2.75) is 117 Å². The maximum absolute atomic E-state index is 11.7. The van der Waals surface area contributed by atoms with Crippen molar-refractivity contribution >= 4 is 11.9 Å². The Hall–Kier alpha value is -1.58. The van der Waals surface area contributed by atoms with Crippen molar-refractivity contribution in [2.75, 3.05) is 6.61 Å². The number of carbonyl (C=O) groups excluding carboxylic acids is 1. The zero-order valence-corrected chi connectivity index (χ0v) is 19.0. The van der Waals surface area contributed by atoms with Crippen LogP contribution in [0.25, 0.3) is 0 Å². The zero-order valence-electron chi connectivity index (χ0n) is 19.0. The van der Waals surface area contributed by atoms with E-state index in [-0.39, 0.29) is 11.1 Å². The van der Waals surface area contributed by atoms with E-state index in [9.17, 15) is 9.59 Å². The monoisotopic (exact) mass is 408 g/mol. The van der Waals surface area contributed by atoms with Crippen LogP contribution in [0, 0.1) is 0 Å². The van der Waals surface area contributed by atoms with Gasteiger partial charge in [0.2, 0.25) is 0 Å². The summed E-state index contributed by atoms with van der Waals surface area (Å²) >= 11 is 0. The number of carbonyl (C=O) groups is 2. The van der Waals surface area contributed by atoms with Crippen molar-refractivity contribution in [3.63, 3.8) is 0 Å². The molecule has 168 valence electrons. The van der Waals surface area contributed by atoms with Crippen molar-refractivity contribution in [3.8, 4) is 0 Å². The molecule has 0 unspecified atom stereocenters. The van der Waals surface area contributed by atoms with Gasteiger partial charge < -0.3 is 9.84 Å². The van der Waals surface area contributed by atoms with Gasteiger partial charge in [0.15, 0.2) is 0 Å². The molecule has 0 aromatic heterocycles. The summed E-state index contributed by atoms with van der Waals surface area (Å²) in [7, 11) is 0. The number of ether oxygens (including phenoxy) is 1. The third kappa shape index (κ3) is 18.2. The molecule has 0 saturated heterocycles. The summed E-state index contributed by atoms with van der Waals surface area (Å²) in [6.45, 7) is 7.62. The first kappa shape index (κ1) is 27.4. The molecule has 0 rings (SSSR count). The Balaban J connectivity index is 3.35. The van der Waals surface area contributed by atoms with Crippen molar-refractivity contribution < 1.29 is 19.4 Å². The fourth-order valence-electron chi connectivity index (χ4n) is 3.29. The number of hydrogen-bond acceptors (Lipinski definition) is 3. The lowest BCUT2D eigenvalue weighted by Crippen LogP contribution is -2.08. The molecule has 0 aliphatic heterocycles. The third-order valence-electron chi connectivity index (χ3n) is 5.22. The van der Waals surface area contributed by atoms with Crippen LogP contribution in [0.2, 0.25) is 0 Å². The molecule has 4 nitrogen and oxygen atoms in total. The van der Waals surface area contributed by atoms with Crippen LogP contribution >= 0.6 is 0 Å². The van der Waals surface area contributed by atoms with Gasteiger partial charge in [0.05, 0.1) is 12.2 Å². The van der Waals surface area contributed by atoms with Crippen molar-refractivity contribution in [1.29, 1.82) is 0 Å². The summed E-state index contributed by atoms with van der Waals surface area (Å²) in [4.78, 5) is 22.4. The second kappa shape index (κ2) is 19.7. The zero-order chi connectivity index (χ0) is 21.7. The van der Waals surface area contributed by atoms with Gasteiger partial charge in [-0.3, -0.25) is 0 Å². The van der Waals surface area contributed by atoms with Gasteiger partial charge in [-0.25, -0.2) is 9.59 Å². The quantitative estimate of drug-likeness (QED) is 0.0987. The Labute approximate surface area is 178 Å². The Morgan fingerprint density at radius 2 is 1.14 bits per heavy atom. The van der Waals surface area contributed by atoms with Crippen LogP contribution in [0.15, 0.2) is 23.8 Å². The van der Waals surface area contributed by atoms with Crippen molar-refractivity contribution in [2.24, 2.45) is 0 Å². The highest BCUT2D eigenvalue weighted by Crippen LogP contribution is 2.14. The lowest BCUT2D eigenvalue weighted by Gasteiger charge is -2.05. The third-order valence-corrected chi connectivity index (χ3v) is 5.22. The molecule has 0 bridgehead atoms. The van der Waals surface area contributed by atoms with E-state index in [1.165, 1.54) is 103 Å². The summed E-state index contributed by atoms with van der Waals surface area (Å²) in [5.74, 6) is -1.59. The number of esters is 1. The Bertz CT molecular complexity index is 479. The Kier molecular flexibility index (Phi) is 18.6. The number of unbranched alkanes of at least 4 members (excludes halogenated alkanes) is 15. The molecular weight excluding hydrogens is 364 g/mol. The average Bonchev–Trinajstić information content (AvgIpc) is 2.69. The standard InChI is InChI=1S/C25H44O4/c1-4-5-6-7-8-9-10-11-12-13-14-15-16-17-18-19-20-29-25(28)23(3)21-22(2)24(26)27/h21H,3-20H2,1-2H3,(H,26,27). The second-order valence-electron chi connectivity index (χ2n) is 8.10. The first-order valence-electron chi connectivity index (χ1n) is 11.8. The van der Waals surface area contributed by atoms with Gasteiger partial charge in [-0.1, -0.05) is 110 Å². The van der Waals surface area contributed by atoms with Gasteiger partial charge in [-0.15, -0.1) is 0 Å². The minimum absolute atomic E-state index is 0.0781. The van der Waals surface area contributed by atoms with Gasteiger partial charge in [0.1, 0.15) is 0 Å². The van der Waals surface area contributed by atoms with E-state index < -0.39 is 11.9 Å². The lowest BCUT2D eigenvalue weighted by atomic mass is 10.0. The van der Waals surface area contributed by atoms with E-state index in [4.69, 9.17) is 9.84 Å². The van der Waals surface area contributed by atoms with Crippen LogP contribution in [0.5, 0.6) is 0 Å². The predicted octanol–water partition coefficient (Wildman–Crippen LogP) is 7.38. The summed E-state index contributed by atoms with van der Waals surface area (Å²) in [5, 5.41) is 8.78. The number of carboxylic acid groups (broad SMARTS) is 1. The van der Waals surface area contributed by atoms with E-state index >= 15 is 0 Å². The molecule has 0 spiro atoms. The van der Waals surface area contributed by atoms with Gasteiger partial charge in [0, 0.05) is 5.57 Å². The van der Waals surface area contributed by atoms with Gasteiger partial charge in [0.25, 0.3) is 0 Å². The number of hydrogen-bond donors (Lipinski definition) is 1. The fraction of sp³-hybridized carbons (Fsp3) is 0.760. The Morgan fingerprint density at radius 1 is 0.759 bits per heavy atom. The first-order chi connectivity index (χ1) is 14.0. The van der Waals surface area contributed by atoms with Crippen LogP contribution in [0.1, 0.15) is 117 Å². The molecule has 1 N–H and O–H groups in total.